The molecule has 1 aliphatic carbocycles. The highest BCUT2D eigenvalue weighted by Crippen LogP contribution is 2.43. The summed E-state index contributed by atoms with van der Waals surface area (Å²) in [7, 11) is -2.04. The highest BCUT2D eigenvalue weighted by molar-refractivity contribution is 6.98. The lowest BCUT2D eigenvalue weighted by Gasteiger charge is -2.39. The molecule has 5 heteroatoms. The number of fused-ring (bicyclic) bond motifs is 2. The van der Waals surface area contributed by atoms with Gasteiger partial charge in [-0.05, 0) is 107 Å². The second kappa shape index (κ2) is 11.5. The average Bonchev–Trinajstić information content (AvgIpc) is 2.94. The third-order valence-corrected chi connectivity index (χ3v) is 12.2. The lowest BCUT2D eigenvalue weighted by Crippen LogP contribution is -2.49. The molecule has 204 valence electrons. The van der Waals surface area contributed by atoms with Crippen molar-refractivity contribution in [1.82, 2.24) is 0 Å². The minimum absolute atomic E-state index is 0.334. The maximum Gasteiger partial charge on any atom is 0.335 e. The zero-order valence-corrected chi connectivity index (χ0v) is 25.0. The topological polar surface area (TPSA) is 52.9 Å². The van der Waals surface area contributed by atoms with E-state index in [9.17, 15) is 9.90 Å². The minimum Gasteiger partial charge on any atom is -0.478 e. The molecule has 2 aromatic carbocycles. The summed E-state index contributed by atoms with van der Waals surface area (Å²) in [6.45, 7) is 12.4. The van der Waals surface area contributed by atoms with Crippen molar-refractivity contribution in [3.05, 3.63) is 87.6 Å². The number of anilines is 1. The third kappa shape index (κ3) is 5.47. The van der Waals surface area contributed by atoms with Crippen LogP contribution in [0.5, 0.6) is 0 Å². The van der Waals surface area contributed by atoms with Crippen molar-refractivity contribution in [3.63, 3.8) is 0 Å². The average molecular weight is 539 g/mol. The van der Waals surface area contributed by atoms with Crippen LogP contribution in [0.2, 0.25) is 13.1 Å². The Bertz CT molecular complexity index is 1390. The summed E-state index contributed by atoms with van der Waals surface area (Å²) in [5.41, 5.74) is 8.66. The van der Waals surface area contributed by atoms with Crippen molar-refractivity contribution in [2.45, 2.75) is 71.9 Å². The van der Waals surface area contributed by atoms with E-state index in [1.807, 2.05) is 19.1 Å². The third-order valence-electron chi connectivity index (χ3n) is 8.66. The first-order valence-corrected chi connectivity index (χ1v) is 17.7. The summed E-state index contributed by atoms with van der Waals surface area (Å²) in [6, 6.07) is 12.7. The number of carbonyl (C=O) groups is 1. The number of hydrogen-bond donors (Lipinski definition) is 1. The highest BCUT2D eigenvalue weighted by Gasteiger charge is 2.40. The predicted molar refractivity (Wildman–Crippen MR) is 167 cm³/mol. The molecule has 2 heterocycles. The van der Waals surface area contributed by atoms with E-state index in [1.54, 1.807) is 6.07 Å². The van der Waals surface area contributed by atoms with Crippen LogP contribution < -0.4 is 10.1 Å². The van der Waals surface area contributed by atoms with Crippen molar-refractivity contribution in [2.75, 3.05) is 24.5 Å². The Morgan fingerprint density at radius 3 is 2.46 bits per heavy atom. The SMILES string of the molecule is CCCCCCN=C1C=CC2=C(c3ccc(C(=O)O)cc3C)c3ccc(N4CCCCC4)cc3[Si](C)(C)C2=C1. The van der Waals surface area contributed by atoms with E-state index in [1.165, 1.54) is 71.3 Å². The van der Waals surface area contributed by atoms with E-state index in [0.717, 1.165) is 42.9 Å². The fraction of sp³-hybridized carbons (Fsp3) is 0.412. The molecule has 1 fully saturated rings. The number of carboxylic acid groups (broad SMARTS) is 1. The molecule has 0 atom stereocenters. The molecule has 1 N–H and O–H groups in total. The molecule has 4 nitrogen and oxygen atoms in total. The Labute approximate surface area is 234 Å². The van der Waals surface area contributed by atoms with Crippen molar-refractivity contribution in [1.29, 1.82) is 0 Å². The molecule has 0 unspecified atom stereocenters. The molecule has 39 heavy (non-hydrogen) atoms. The van der Waals surface area contributed by atoms with Crippen LogP contribution in [0.15, 0.2) is 70.4 Å². The normalized spacial score (nSPS) is 19.1. The smallest absolute Gasteiger partial charge is 0.335 e. The number of piperidine rings is 1. The van der Waals surface area contributed by atoms with E-state index in [0.29, 0.717) is 5.56 Å². The summed E-state index contributed by atoms with van der Waals surface area (Å²) in [4.78, 5) is 19.2. The van der Waals surface area contributed by atoms with Crippen LogP contribution in [0.25, 0.3) is 5.57 Å². The van der Waals surface area contributed by atoms with Crippen LogP contribution in [0.4, 0.5) is 5.69 Å². The van der Waals surface area contributed by atoms with E-state index >= 15 is 0 Å². The Morgan fingerprint density at radius 1 is 0.974 bits per heavy atom. The molecular weight excluding hydrogens is 496 g/mol. The Balaban J connectivity index is 1.65. The molecule has 0 radical (unpaired) electrons. The summed E-state index contributed by atoms with van der Waals surface area (Å²) in [6.07, 6.45) is 15.5. The van der Waals surface area contributed by atoms with Gasteiger partial charge in [-0.3, -0.25) is 4.99 Å². The van der Waals surface area contributed by atoms with Gasteiger partial charge in [-0.2, -0.15) is 0 Å². The number of aliphatic imine (C=N–C) groups is 1. The first kappa shape index (κ1) is 27.4. The van der Waals surface area contributed by atoms with Gasteiger partial charge in [0.05, 0.1) is 11.3 Å². The molecule has 0 amide bonds. The number of rotatable bonds is 8. The standard InChI is InChI=1S/C34H42N2O2Si/c1-5-6-7-9-18-35-26-13-16-29-31(22-26)39(3,4)32-23-27(36-19-10-8-11-20-36)14-17-30(32)33(29)28-15-12-25(34(37)38)21-24(28)2/h12-17,21-23H,5-11,18-20H2,1-4H3,(H,37,38). The number of unbranched alkanes of at least 4 members (excludes halogenated alkanes) is 3. The Morgan fingerprint density at radius 2 is 1.74 bits per heavy atom. The molecule has 5 rings (SSSR count). The van der Waals surface area contributed by atoms with Gasteiger partial charge in [0.1, 0.15) is 8.07 Å². The van der Waals surface area contributed by atoms with E-state index < -0.39 is 14.0 Å². The van der Waals surface area contributed by atoms with Crippen molar-refractivity contribution in [3.8, 4) is 0 Å². The van der Waals surface area contributed by atoms with Crippen molar-refractivity contribution < 1.29 is 9.90 Å². The predicted octanol–water partition coefficient (Wildman–Crippen LogP) is 7.47. The fourth-order valence-electron chi connectivity index (χ4n) is 6.39. The van der Waals surface area contributed by atoms with Gasteiger partial charge in [0, 0.05) is 25.3 Å². The van der Waals surface area contributed by atoms with Crippen LogP contribution in [0.3, 0.4) is 0 Å². The van der Waals surface area contributed by atoms with Crippen molar-refractivity contribution >= 4 is 36.2 Å². The van der Waals surface area contributed by atoms with Gasteiger partial charge in [-0.1, -0.05) is 57.5 Å². The van der Waals surface area contributed by atoms with Gasteiger partial charge in [-0.15, -0.1) is 0 Å². The van der Waals surface area contributed by atoms with Crippen LogP contribution in [-0.4, -0.2) is 44.5 Å². The van der Waals surface area contributed by atoms with Gasteiger partial charge in [0.2, 0.25) is 0 Å². The van der Waals surface area contributed by atoms with E-state index in [-0.39, 0.29) is 0 Å². The summed E-state index contributed by atoms with van der Waals surface area (Å²) in [5.74, 6) is -0.885. The number of hydrogen-bond acceptors (Lipinski definition) is 3. The summed E-state index contributed by atoms with van der Waals surface area (Å²) < 4.78 is 0. The first-order valence-electron chi connectivity index (χ1n) is 14.7. The fourth-order valence-corrected chi connectivity index (χ4v) is 9.46. The maximum absolute atomic E-state index is 11.7. The second-order valence-electron chi connectivity index (χ2n) is 11.8. The highest BCUT2D eigenvalue weighted by atomic mass is 28.3. The number of aryl methyl sites for hydroxylation is 1. The zero-order valence-electron chi connectivity index (χ0n) is 24.0. The molecule has 3 aliphatic rings. The van der Waals surface area contributed by atoms with Crippen LogP contribution in [0, 0.1) is 6.92 Å². The first-order chi connectivity index (χ1) is 18.8. The Hall–Kier alpha value is -3.18. The van der Waals surface area contributed by atoms with Gasteiger partial charge < -0.3 is 10.0 Å². The van der Waals surface area contributed by atoms with Crippen LogP contribution in [-0.2, 0) is 0 Å². The minimum atomic E-state index is -2.04. The molecular formula is C34H42N2O2Si. The molecule has 0 bridgehead atoms. The van der Waals surface area contributed by atoms with E-state index in [2.05, 4.69) is 61.3 Å². The number of nitrogens with zero attached hydrogens (tertiary/aromatic N) is 2. The van der Waals surface area contributed by atoms with Gasteiger partial charge >= 0.3 is 5.97 Å². The summed E-state index contributed by atoms with van der Waals surface area (Å²) >= 11 is 0. The largest absolute Gasteiger partial charge is 0.478 e. The summed E-state index contributed by atoms with van der Waals surface area (Å²) in [5, 5.41) is 12.5. The maximum atomic E-state index is 11.7. The molecule has 0 spiro atoms. The number of allylic oxidation sites excluding steroid dienone is 5. The lowest BCUT2D eigenvalue weighted by molar-refractivity contribution is 0.0696. The number of aromatic carboxylic acids is 1. The van der Waals surface area contributed by atoms with Crippen molar-refractivity contribution in [2.24, 2.45) is 4.99 Å². The Kier molecular flexibility index (Phi) is 8.08. The number of carboxylic acids is 1. The molecule has 2 aliphatic heterocycles. The molecule has 0 saturated carbocycles. The van der Waals surface area contributed by atoms with Gasteiger partial charge in [0.25, 0.3) is 0 Å². The lowest BCUT2D eigenvalue weighted by atomic mass is 9.87. The molecule has 1 saturated heterocycles. The van der Waals surface area contributed by atoms with Crippen LogP contribution >= 0.6 is 0 Å². The molecule has 2 aromatic rings. The zero-order chi connectivity index (χ0) is 27.6. The van der Waals surface area contributed by atoms with Gasteiger partial charge in [0.15, 0.2) is 0 Å². The molecule has 0 aromatic heterocycles. The van der Waals surface area contributed by atoms with Crippen LogP contribution in [0.1, 0.15) is 78.9 Å². The number of benzene rings is 2. The van der Waals surface area contributed by atoms with Gasteiger partial charge in [-0.25, -0.2) is 4.79 Å². The monoisotopic (exact) mass is 538 g/mol. The quantitative estimate of drug-likeness (QED) is 0.280. The van der Waals surface area contributed by atoms with E-state index in [4.69, 9.17) is 4.99 Å². The second-order valence-corrected chi connectivity index (χ2v) is 16.1.